The summed E-state index contributed by atoms with van der Waals surface area (Å²) >= 11 is 0. The van der Waals surface area contributed by atoms with Crippen molar-refractivity contribution >= 4 is 5.78 Å². The summed E-state index contributed by atoms with van der Waals surface area (Å²) < 4.78 is 0. The van der Waals surface area contributed by atoms with Gasteiger partial charge < -0.3 is 5.11 Å². The lowest BCUT2D eigenvalue weighted by Gasteiger charge is -2.09. The highest BCUT2D eigenvalue weighted by Gasteiger charge is 2.13. The van der Waals surface area contributed by atoms with Crippen LogP contribution in [-0.4, -0.2) is 17.0 Å². The topological polar surface area (TPSA) is 37.3 Å². The SMILES string of the molecule is CCCCCCCCCCC(=O)C(O)CCCCCCCCCC. The summed E-state index contributed by atoms with van der Waals surface area (Å²) in [6.45, 7) is 4.48. The van der Waals surface area contributed by atoms with Crippen LogP contribution in [0.2, 0.25) is 0 Å². The number of ketones is 1. The minimum Gasteiger partial charge on any atom is -0.385 e. The van der Waals surface area contributed by atoms with Crippen molar-refractivity contribution < 1.29 is 9.90 Å². The second kappa shape index (κ2) is 19.0. The molecular weight excluding hydrogens is 296 g/mol. The Morgan fingerprint density at radius 1 is 0.625 bits per heavy atom. The van der Waals surface area contributed by atoms with Crippen LogP contribution in [0.1, 0.15) is 129 Å². The lowest BCUT2D eigenvalue weighted by Crippen LogP contribution is -2.19. The van der Waals surface area contributed by atoms with E-state index >= 15 is 0 Å². The van der Waals surface area contributed by atoms with Gasteiger partial charge in [-0.05, 0) is 12.8 Å². The van der Waals surface area contributed by atoms with Crippen LogP contribution in [0.15, 0.2) is 0 Å². The molecule has 0 saturated heterocycles. The Bertz CT molecular complexity index is 263. The number of rotatable bonds is 19. The summed E-state index contributed by atoms with van der Waals surface area (Å²) in [7, 11) is 0. The Balaban J connectivity index is 3.34. The van der Waals surface area contributed by atoms with Gasteiger partial charge in [0, 0.05) is 6.42 Å². The monoisotopic (exact) mass is 340 g/mol. The van der Waals surface area contributed by atoms with Gasteiger partial charge >= 0.3 is 0 Å². The molecule has 0 heterocycles. The van der Waals surface area contributed by atoms with Gasteiger partial charge in [-0.3, -0.25) is 4.79 Å². The van der Waals surface area contributed by atoms with Crippen molar-refractivity contribution in [2.75, 3.05) is 0 Å². The van der Waals surface area contributed by atoms with E-state index in [9.17, 15) is 9.90 Å². The quantitative estimate of drug-likeness (QED) is 0.258. The van der Waals surface area contributed by atoms with Crippen LogP contribution in [0.4, 0.5) is 0 Å². The summed E-state index contributed by atoms with van der Waals surface area (Å²) in [5.41, 5.74) is 0. The van der Waals surface area contributed by atoms with Crippen LogP contribution in [0.3, 0.4) is 0 Å². The first-order chi connectivity index (χ1) is 11.7. The highest BCUT2D eigenvalue weighted by Crippen LogP contribution is 2.13. The molecule has 0 aliphatic rings. The molecule has 1 atom stereocenters. The average Bonchev–Trinajstić information content (AvgIpc) is 2.59. The number of hydrogen-bond donors (Lipinski definition) is 1. The maximum Gasteiger partial charge on any atom is 0.161 e. The zero-order chi connectivity index (χ0) is 17.9. The average molecular weight is 341 g/mol. The van der Waals surface area contributed by atoms with Gasteiger partial charge in [-0.25, -0.2) is 0 Å². The van der Waals surface area contributed by atoms with Gasteiger partial charge in [0.15, 0.2) is 5.78 Å². The third kappa shape index (κ3) is 16.5. The van der Waals surface area contributed by atoms with Crippen molar-refractivity contribution in [3.8, 4) is 0 Å². The number of unbranched alkanes of at least 4 members (excludes halogenated alkanes) is 14. The van der Waals surface area contributed by atoms with Gasteiger partial charge in [-0.1, -0.05) is 110 Å². The number of aliphatic hydroxyl groups is 1. The van der Waals surface area contributed by atoms with Gasteiger partial charge in [0.2, 0.25) is 0 Å². The molecule has 0 aliphatic carbocycles. The van der Waals surface area contributed by atoms with E-state index < -0.39 is 6.10 Å². The normalized spacial score (nSPS) is 12.5. The number of carbonyl (C=O) groups excluding carboxylic acids is 1. The third-order valence-corrected chi connectivity index (χ3v) is 4.98. The third-order valence-electron chi connectivity index (χ3n) is 4.98. The summed E-state index contributed by atoms with van der Waals surface area (Å²) in [4.78, 5) is 11.9. The van der Waals surface area contributed by atoms with Gasteiger partial charge in [0.05, 0.1) is 0 Å². The van der Waals surface area contributed by atoms with E-state index in [4.69, 9.17) is 0 Å². The van der Waals surface area contributed by atoms with Gasteiger partial charge in [-0.15, -0.1) is 0 Å². The molecule has 1 unspecified atom stereocenters. The Hall–Kier alpha value is -0.370. The van der Waals surface area contributed by atoms with Crippen LogP contribution < -0.4 is 0 Å². The molecule has 1 N–H and O–H groups in total. The predicted molar refractivity (Wildman–Crippen MR) is 105 cm³/mol. The van der Waals surface area contributed by atoms with Gasteiger partial charge in [0.25, 0.3) is 0 Å². The first-order valence-electron chi connectivity index (χ1n) is 10.9. The van der Waals surface area contributed by atoms with Crippen molar-refractivity contribution in [3.63, 3.8) is 0 Å². The van der Waals surface area contributed by atoms with Crippen molar-refractivity contribution in [1.82, 2.24) is 0 Å². The van der Waals surface area contributed by atoms with Crippen molar-refractivity contribution in [2.24, 2.45) is 0 Å². The largest absolute Gasteiger partial charge is 0.385 e. The molecule has 24 heavy (non-hydrogen) atoms. The number of carbonyl (C=O) groups is 1. The second-order valence-corrected chi connectivity index (χ2v) is 7.47. The van der Waals surface area contributed by atoms with E-state index in [-0.39, 0.29) is 5.78 Å². The fourth-order valence-electron chi connectivity index (χ4n) is 3.23. The maximum absolute atomic E-state index is 11.9. The van der Waals surface area contributed by atoms with Crippen molar-refractivity contribution in [2.45, 2.75) is 136 Å². The Labute approximate surface area is 151 Å². The molecule has 2 nitrogen and oxygen atoms in total. The Morgan fingerprint density at radius 2 is 1.00 bits per heavy atom. The minimum atomic E-state index is -0.699. The lowest BCUT2D eigenvalue weighted by atomic mass is 10.0. The zero-order valence-electron chi connectivity index (χ0n) is 16.7. The summed E-state index contributed by atoms with van der Waals surface area (Å²) in [5.74, 6) is 0.0731. The Morgan fingerprint density at radius 3 is 1.46 bits per heavy atom. The molecule has 0 fully saturated rings. The van der Waals surface area contributed by atoms with Gasteiger partial charge in [-0.2, -0.15) is 0 Å². The standard InChI is InChI=1S/C22H44O2/c1-3-5-7-9-11-13-15-17-19-21(23)22(24)20-18-16-14-12-10-8-6-4-2/h21,23H,3-20H2,1-2H3. The molecule has 0 radical (unpaired) electrons. The van der Waals surface area contributed by atoms with Crippen LogP contribution in [0.25, 0.3) is 0 Å². The molecule has 0 rings (SSSR count). The molecule has 0 saturated carbocycles. The number of Topliss-reactive ketones (excluding diaryl/α,β-unsaturated/α-hetero) is 1. The van der Waals surface area contributed by atoms with Crippen LogP contribution >= 0.6 is 0 Å². The van der Waals surface area contributed by atoms with Crippen LogP contribution in [-0.2, 0) is 4.79 Å². The first kappa shape index (κ1) is 23.6. The van der Waals surface area contributed by atoms with Gasteiger partial charge in [0.1, 0.15) is 6.10 Å². The fraction of sp³-hybridized carbons (Fsp3) is 0.955. The van der Waals surface area contributed by atoms with E-state index in [2.05, 4.69) is 13.8 Å². The lowest BCUT2D eigenvalue weighted by molar-refractivity contribution is -0.127. The van der Waals surface area contributed by atoms with E-state index in [1.54, 1.807) is 0 Å². The summed E-state index contributed by atoms with van der Waals surface area (Å²) in [5, 5.41) is 9.94. The first-order valence-corrected chi connectivity index (χ1v) is 10.9. The highest BCUT2D eigenvalue weighted by atomic mass is 16.3. The molecule has 0 aromatic carbocycles. The van der Waals surface area contributed by atoms with Crippen LogP contribution in [0, 0.1) is 0 Å². The van der Waals surface area contributed by atoms with E-state index in [0.29, 0.717) is 12.8 Å². The summed E-state index contributed by atoms with van der Waals surface area (Å²) in [6.07, 6.45) is 20.6. The maximum atomic E-state index is 11.9. The fourth-order valence-corrected chi connectivity index (χ4v) is 3.23. The molecule has 0 spiro atoms. The summed E-state index contributed by atoms with van der Waals surface area (Å²) in [6, 6.07) is 0. The van der Waals surface area contributed by atoms with E-state index in [1.165, 1.54) is 77.0 Å². The van der Waals surface area contributed by atoms with E-state index in [1.807, 2.05) is 0 Å². The molecule has 144 valence electrons. The molecule has 2 heteroatoms. The van der Waals surface area contributed by atoms with Crippen LogP contribution in [0.5, 0.6) is 0 Å². The molecule has 0 aromatic rings. The highest BCUT2D eigenvalue weighted by molar-refractivity contribution is 5.82. The smallest absolute Gasteiger partial charge is 0.161 e. The van der Waals surface area contributed by atoms with E-state index in [0.717, 1.165) is 25.7 Å². The number of hydrogen-bond acceptors (Lipinski definition) is 2. The molecule has 0 bridgehead atoms. The zero-order valence-corrected chi connectivity index (χ0v) is 16.7. The molecule has 0 amide bonds. The Kier molecular flexibility index (Phi) is 18.7. The number of aliphatic hydroxyl groups excluding tert-OH is 1. The molecule has 0 aliphatic heterocycles. The second-order valence-electron chi connectivity index (χ2n) is 7.47. The van der Waals surface area contributed by atoms with Crippen molar-refractivity contribution in [1.29, 1.82) is 0 Å². The van der Waals surface area contributed by atoms with Crippen molar-refractivity contribution in [3.05, 3.63) is 0 Å². The minimum absolute atomic E-state index is 0.0731. The molecule has 0 aromatic heterocycles. The molecular formula is C22H44O2. The predicted octanol–water partition coefficient (Wildman–Crippen LogP) is 6.98.